The van der Waals surface area contributed by atoms with Gasteiger partial charge in [-0.05, 0) is 37.5 Å². The van der Waals surface area contributed by atoms with E-state index in [0.717, 1.165) is 35.3 Å². The zero-order valence-corrected chi connectivity index (χ0v) is 16.8. The van der Waals surface area contributed by atoms with Crippen molar-refractivity contribution >= 4 is 41.3 Å². The molecule has 2 aromatic rings. The number of ether oxygens (including phenoxy) is 1. The number of thiophene rings is 1. The van der Waals surface area contributed by atoms with Gasteiger partial charge < -0.3 is 4.74 Å². The normalized spacial score (nSPS) is 18.4. The van der Waals surface area contributed by atoms with Gasteiger partial charge in [0.25, 0.3) is 0 Å². The van der Waals surface area contributed by atoms with Gasteiger partial charge in [0.05, 0.1) is 18.2 Å². The zero-order chi connectivity index (χ0) is 17.8. The Hall–Kier alpha value is -1.16. The Morgan fingerprint density at radius 1 is 1.48 bits per heavy atom. The van der Waals surface area contributed by atoms with Crippen LogP contribution >= 0.6 is 35.3 Å². The van der Waals surface area contributed by atoms with Crippen LogP contribution in [0.1, 0.15) is 13.8 Å². The monoisotopic (exact) mass is 398 g/mol. The summed E-state index contributed by atoms with van der Waals surface area (Å²) >= 11 is 9.07. The molecule has 0 unspecified atom stereocenters. The molecule has 9 heteroatoms. The molecular formula is C16H22N4O2S3. The molecule has 1 fully saturated rings. The van der Waals surface area contributed by atoms with Gasteiger partial charge in [0.15, 0.2) is 10.6 Å². The van der Waals surface area contributed by atoms with Crippen molar-refractivity contribution in [3.05, 3.63) is 22.3 Å². The lowest BCUT2D eigenvalue weighted by Crippen LogP contribution is -2.48. The van der Waals surface area contributed by atoms with E-state index in [-0.39, 0.29) is 12.0 Å². The molecule has 25 heavy (non-hydrogen) atoms. The number of aromatic nitrogens is 3. The van der Waals surface area contributed by atoms with Gasteiger partial charge in [0.1, 0.15) is 6.04 Å². The van der Waals surface area contributed by atoms with E-state index in [1.165, 1.54) is 0 Å². The Bertz CT molecular complexity index is 769. The first-order chi connectivity index (χ1) is 12.2. The molecule has 2 aromatic heterocycles. The predicted molar refractivity (Wildman–Crippen MR) is 104 cm³/mol. The standard InChI is InChI=1S/C16H22N4O2S3/c1-3-19-14(13-6-5-8-25-13)17-20(16(19)23)11-18-7-9-24-10-12(18)15(21)22-4-2/h5-6,8,12H,3-4,7,9-11H2,1-2H3/t12-/m1/s1. The molecule has 0 saturated carbocycles. The van der Waals surface area contributed by atoms with Gasteiger partial charge in [-0.1, -0.05) is 6.07 Å². The maximum atomic E-state index is 12.3. The molecule has 1 aliphatic heterocycles. The Kier molecular flexibility index (Phi) is 6.32. The predicted octanol–water partition coefficient (Wildman–Crippen LogP) is 3.10. The summed E-state index contributed by atoms with van der Waals surface area (Å²) in [7, 11) is 0. The minimum Gasteiger partial charge on any atom is -0.465 e. The highest BCUT2D eigenvalue weighted by atomic mass is 32.2. The third kappa shape index (κ3) is 3.99. The van der Waals surface area contributed by atoms with Crippen LogP contribution in [0.2, 0.25) is 0 Å². The summed E-state index contributed by atoms with van der Waals surface area (Å²) < 4.78 is 9.79. The number of carbonyl (C=O) groups excluding carboxylic acids is 1. The van der Waals surface area contributed by atoms with E-state index in [1.807, 2.05) is 27.6 Å². The van der Waals surface area contributed by atoms with Crippen LogP contribution in [0, 0.1) is 4.77 Å². The van der Waals surface area contributed by atoms with Crippen LogP contribution in [0.3, 0.4) is 0 Å². The number of rotatable bonds is 6. The molecule has 136 valence electrons. The highest BCUT2D eigenvalue weighted by Crippen LogP contribution is 2.24. The maximum Gasteiger partial charge on any atom is 0.324 e. The summed E-state index contributed by atoms with van der Waals surface area (Å²) in [5.41, 5.74) is 0. The summed E-state index contributed by atoms with van der Waals surface area (Å²) in [6.45, 7) is 6.41. The second kappa shape index (κ2) is 8.48. The van der Waals surface area contributed by atoms with Gasteiger partial charge in [-0.2, -0.15) is 11.8 Å². The lowest BCUT2D eigenvalue weighted by molar-refractivity contribution is -0.149. The summed E-state index contributed by atoms with van der Waals surface area (Å²) in [5.74, 6) is 2.48. The molecule has 0 amide bonds. The number of thioether (sulfide) groups is 1. The number of hydrogen-bond donors (Lipinski definition) is 0. The first kappa shape index (κ1) is 18.6. The smallest absolute Gasteiger partial charge is 0.324 e. The van der Waals surface area contributed by atoms with Crippen molar-refractivity contribution in [2.24, 2.45) is 0 Å². The van der Waals surface area contributed by atoms with Crippen molar-refractivity contribution in [1.29, 1.82) is 0 Å². The lowest BCUT2D eigenvalue weighted by atomic mass is 10.3. The third-order valence-electron chi connectivity index (χ3n) is 4.09. The Morgan fingerprint density at radius 2 is 2.32 bits per heavy atom. The van der Waals surface area contributed by atoms with Crippen molar-refractivity contribution in [2.45, 2.75) is 33.1 Å². The minimum absolute atomic E-state index is 0.158. The Morgan fingerprint density at radius 3 is 3.00 bits per heavy atom. The van der Waals surface area contributed by atoms with Gasteiger partial charge in [-0.3, -0.25) is 14.3 Å². The largest absolute Gasteiger partial charge is 0.465 e. The highest BCUT2D eigenvalue weighted by molar-refractivity contribution is 7.99. The molecule has 0 aliphatic carbocycles. The van der Waals surface area contributed by atoms with Crippen LogP contribution in [-0.2, 0) is 22.7 Å². The van der Waals surface area contributed by atoms with E-state index in [4.69, 9.17) is 22.1 Å². The van der Waals surface area contributed by atoms with E-state index in [0.29, 0.717) is 18.0 Å². The maximum absolute atomic E-state index is 12.3. The van der Waals surface area contributed by atoms with E-state index in [9.17, 15) is 4.79 Å². The average Bonchev–Trinajstić information content (AvgIpc) is 3.24. The van der Waals surface area contributed by atoms with Crippen molar-refractivity contribution in [2.75, 3.05) is 24.7 Å². The van der Waals surface area contributed by atoms with Crippen LogP contribution in [0.25, 0.3) is 10.7 Å². The number of nitrogens with zero attached hydrogens (tertiary/aromatic N) is 4. The van der Waals surface area contributed by atoms with E-state index in [1.54, 1.807) is 23.1 Å². The van der Waals surface area contributed by atoms with Gasteiger partial charge in [-0.25, -0.2) is 4.68 Å². The molecule has 1 aliphatic rings. The second-order valence-corrected chi connectivity index (χ2v) is 8.09. The molecule has 0 spiro atoms. The quantitative estimate of drug-likeness (QED) is 0.551. The second-order valence-electron chi connectivity index (χ2n) is 5.62. The summed E-state index contributed by atoms with van der Waals surface area (Å²) in [6, 6.07) is 3.83. The Balaban J connectivity index is 1.86. The molecule has 0 N–H and O–H groups in total. The minimum atomic E-state index is -0.238. The molecule has 0 radical (unpaired) electrons. The first-order valence-electron chi connectivity index (χ1n) is 8.35. The van der Waals surface area contributed by atoms with Crippen molar-refractivity contribution in [3.8, 4) is 10.7 Å². The summed E-state index contributed by atoms with van der Waals surface area (Å²) in [4.78, 5) is 15.5. The molecule has 0 bridgehead atoms. The van der Waals surface area contributed by atoms with Crippen LogP contribution in [-0.4, -0.2) is 55.9 Å². The fourth-order valence-corrected chi connectivity index (χ4v) is 4.97. The topological polar surface area (TPSA) is 52.3 Å². The van der Waals surface area contributed by atoms with Crippen molar-refractivity contribution < 1.29 is 9.53 Å². The van der Waals surface area contributed by atoms with Crippen molar-refractivity contribution in [1.82, 2.24) is 19.2 Å². The van der Waals surface area contributed by atoms with E-state index in [2.05, 4.69) is 17.9 Å². The fraction of sp³-hybridized carbons (Fsp3) is 0.562. The SMILES string of the molecule is CCOC(=O)[C@H]1CSCCN1Cn1nc(-c2cccs2)n(CC)c1=S. The van der Waals surface area contributed by atoms with E-state index < -0.39 is 0 Å². The van der Waals surface area contributed by atoms with Gasteiger partial charge in [-0.15, -0.1) is 16.4 Å². The van der Waals surface area contributed by atoms with E-state index >= 15 is 0 Å². The molecule has 3 heterocycles. The number of esters is 1. The van der Waals surface area contributed by atoms with Crippen LogP contribution in [0.4, 0.5) is 0 Å². The molecule has 1 atom stereocenters. The first-order valence-corrected chi connectivity index (χ1v) is 10.8. The average molecular weight is 399 g/mol. The van der Waals surface area contributed by atoms with Crippen molar-refractivity contribution in [3.63, 3.8) is 0 Å². The summed E-state index contributed by atoms with van der Waals surface area (Å²) in [5, 5.41) is 6.78. The zero-order valence-electron chi connectivity index (χ0n) is 14.4. The Labute approximate surface area is 160 Å². The molecule has 6 nitrogen and oxygen atoms in total. The van der Waals surface area contributed by atoms with Gasteiger partial charge >= 0.3 is 5.97 Å². The molecule has 3 rings (SSSR count). The van der Waals surface area contributed by atoms with Gasteiger partial charge in [0.2, 0.25) is 0 Å². The number of hydrogen-bond acceptors (Lipinski definition) is 7. The lowest BCUT2D eigenvalue weighted by Gasteiger charge is -2.33. The molecule has 0 aromatic carbocycles. The fourth-order valence-electron chi connectivity index (χ4n) is 2.84. The van der Waals surface area contributed by atoms with Crippen LogP contribution in [0.15, 0.2) is 17.5 Å². The summed E-state index contributed by atoms with van der Waals surface area (Å²) in [6.07, 6.45) is 0. The molecule has 1 saturated heterocycles. The van der Waals surface area contributed by atoms with Gasteiger partial charge in [0, 0.05) is 24.6 Å². The van der Waals surface area contributed by atoms with Crippen LogP contribution in [0.5, 0.6) is 0 Å². The third-order valence-corrected chi connectivity index (χ3v) is 6.41. The molecular weight excluding hydrogens is 376 g/mol. The number of carbonyl (C=O) groups is 1. The highest BCUT2D eigenvalue weighted by Gasteiger charge is 2.31. The van der Waals surface area contributed by atoms with Crippen LogP contribution < -0.4 is 0 Å².